The lowest BCUT2D eigenvalue weighted by Gasteiger charge is -2.17. The van der Waals surface area contributed by atoms with Crippen LogP contribution in [-0.4, -0.2) is 6.54 Å². The van der Waals surface area contributed by atoms with E-state index in [4.69, 9.17) is 11.6 Å². The lowest BCUT2D eigenvalue weighted by molar-refractivity contribution is 0.484. The van der Waals surface area contributed by atoms with Gasteiger partial charge in [-0.1, -0.05) is 30.7 Å². The molecule has 0 saturated heterocycles. The zero-order chi connectivity index (χ0) is 14.0. The van der Waals surface area contributed by atoms with E-state index in [-0.39, 0.29) is 5.56 Å². The fourth-order valence-corrected chi connectivity index (χ4v) is 3.66. The minimum atomic E-state index is -0.845. The maximum Gasteiger partial charge on any atom is 0.163 e. The average Bonchev–Trinajstić information content (AvgIpc) is 2.70. The van der Waals surface area contributed by atoms with Gasteiger partial charge in [-0.2, -0.15) is 0 Å². The van der Waals surface area contributed by atoms with Crippen LogP contribution < -0.4 is 5.32 Å². The number of nitrogens with one attached hydrogen (secondary N) is 1. The molecule has 2 rings (SSSR count). The highest BCUT2D eigenvalue weighted by molar-refractivity contribution is 9.11. The molecule has 1 aromatic carbocycles. The maximum absolute atomic E-state index is 13.9. The second kappa shape index (κ2) is 6.31. The molecule has 0 spiro atoms. The van der Waals surface area contributed by atoms with Crippen LogP contribution in [0.1, 0.15) is 23.4 Å². The summed E-state index contributed by atoms with van der Waals surface area (Å²) in [6, 6.07) is 5.54. The van der Waals surface area contributed by atoms with Crippen molar-refractivity contribution in [2.45, 2.75) is 13.0 Å². The zero-order valence-electron chi connectivity index (χ0n) is 10.0. The highest BCUT2D eigenvalue weighted by Crippen LogP contribution is 2.38. The first kappa shape index (κ1) is 14.9. The first-order valence-corrected chi connectivity index (χ1v) is 7.65. The summed E-state index contributed by atoms with van der Waals surface area (Å²) in [7, 11) is 0. The summed E-state index contributed by atoms with van der Waals surface area (Å²) in [6.07, 6.45) is 0. The van der Waals surface area contributed by atoms with Gasteiger partial charge in [0.1, 0.15) is 0 Å². The van der Waals surface area contributed by atoms with Crippen molar-refractivity contribution in [3.05, 3.63) is 55.1 Å². The van der Waals surface area contributed by atoms with Gasteiger partial charge in [0.15, 0.2) is 11.6 Å². The van der Waals surface area contributed by atoms with Gasteiger partial charge < -0.3 is 5.32 Å². The van der Waals surface area contributed by atoms with E-state index >= 15 is 0 Å². The van der Waals surface area contributed by atoms with Crippen LogP contribution in [-0.2, 0) is 0 Å². The van der Waals surface area contributed by atoms with Gasteiger partial charge in [-0.3, -0.25) is 0 Å². The molecule has 19 heavy (non-hydrogen) atoms. The Morgan fingerprint density at radius 1 is 1.42 bits per heavy atom. The molecule has 102 valence electrons. The fourth-order valence-electron chi connectivity index (χ4n) is 1.82. The Labute approximate surface area is 127 Å². The molecule has 0 radical (unpaired) electrons. The monoisotopic (exact) mass is 365 g/mol. The molecule has 0 aliphatic heterocycles. The van der Waals surface area contributed by atoms with Crippen molar-refractivity contribution in [2.75, 3.05) is 6.54 Å². The molecule has 0 bridgehead atoms. The normalized spacial score (nSPS) is 12.7. The summed E-state index contributed by atoms with van der Waals surface area (Å²) < 4.78 is 28.0. The third-order valence-corrected chi connectivity index (χ3v) is 5.19. The highest BCUT2D eigenvalue weighted by atomic mass is 79.9. The summed E-state index contributed by atoms with van der Waals surface area (Å²) >= 11 is 10.7. The van der Waals surface area contributed by atoms with Crippen LogP contribution in [0, 0.1) is 11.6 Å². The third kappa shape index (κ3) is 3.16. The third-order valence-electron chi connectivity index (χ3n) is 2.65. The summed E-state index contributed by atoms with van der Waals surface area (Å²) in [4.78, 5) is 0.836. The molecule has 0 aliphatic carbocycles. The minimum Gasteiger partial charge on any atom is -0.306 e. The van der Waals surface area contributed by atoms with E-state index in [9.17, 15) is 8.78 Å². The van der Waals surface area contributed by atoms with Crippen LogP contribution in [0.2, 0.25) is 5.02 Å². The molecule has 0 aliphatic rings. The van der Waals surface area contributed by atoms with Gasteiger partial charge in [-0.05, 0) is 34.6 Å². The van der Waals surface area contributed by atoms with Gasteiger partial charge in [0.05, 0.1) is 14.9 Å². The predicted molar refractivity (Wildman–Crippen MR) is 78.9 cm³/mol. The van der Waals surface area contributed by atoms with E-state index < -0.39 is 17.7 Å². The van der Waals surface area contributed by atoms with Crippen molar-refractivity contribution in [3.8, 4) is 0 Å². The second-order valence-corrected chi connectivity index (χ2v) is 6.71. The number of halogens is 4. The van der Waals surface area contributed by atoms with Gasteiger partial charge in [0.25, 0.3) is 0 Å². The summed E-state index contributed by atoms with van der Waals surface area (Å²) in [5.74, 6) is -1.67. The van der Waals surface area contributed by atoms with Gasteiger partial charge in [0, 0.05) is 10.4 Å². The van der Waals surface area contributed by atoms with E-state index in [0.717, 1.165) is 14.7 Å². The number of hydrogen-bond donors (Lipinski definition) is 1. The lowest BCUT2D eigenvalue weighted by Crippen LogP contribution is -2.22. The van der Waals surface area contributed by atoms with Crippen molar-refractivity contribution < 1.29 is 8.78 Å². The Bertz CT molecular complexity index is 569. The van der Waals surface area contributed by atoms with Gasteiger partial charge in [0.2, 0.25) is 0 Å². The van der Waals surface area contributed by atoms with E-state index in [1.54, 1.807) is 12.1 Å². The van der Waals surface area contributed by atoms with Crippen LogP contribution in [0.25, 0.3) is 0 Å². The molecular formula is C13H11BrClF2NS. The lowest BCUT2D eigenvalue weighted by atomic mass is 10.0. The first-order valence-electron chi connectivity index (χ1n) is 5.66. The smallest absolute Gasteiger partial charge is 0.163 e. The molecule has 0 saturated carbocycles. The molecular weight excluding hydrogens is 356 g/mol. The molecule has 1 atom stereocenters. The SMILES string of the molecule is CCNC(c1cc(Cl)c(Br)s1)c1cccc(F)c1F. The number of benzene rings is 1. The van der Waals surface area contributed by atoms with E-state index in [1.807, 2.05) is 6.92 Å². The molecule has 1 aromatic heterocycles. The molecule has 0 fully saturated rings. The van der Waals surface area contributed by atoms with E-state index in [2.05, 4.69) is 21.2 Å². The van der Waals surface area contributed by atoms with Crippen molar-refractivity contribution in [1.29, 1.82) is 0 Å². The maximum atomic E-state index is 13.9. The number of rotatable bonds is 4. The zero-order valence-corrected chi connectivity index (χ0v) is 13.2. The van der Waals surface area contributed by atoms with Gasteiger partial charge in [-0.25, -0.2) is 8.78 Å². The second-order valence-electron chi connectivity index (χ2n) is 3.90. The Kier molecular flexibility index (Phi) is 4.95. The van der Waals surface area contributed by atoms with Crippen LogP contribution in [0.4, 0.5) is 8.78 Å². The molecule has 1 unspecified atom stereocenters. The summed E-state index contributed by atoms with van der Waals surface area (Å²) in [5, 5.41) is 3.72. The Hall–Kier alpha value is -0.490. The molecule has 1 heterocycles. The molecule has 0 amide bonds. The number of thiophene rings is 1. The molecule has 2 aromatic rings. The fraction of sp³-hybridized carbons (Fsp3) is 0.231. The van der Waals surface area contributed by atoms with Crippen molar-refractivity contribution in [3.63, 3.8) is 0 Å². The predicted octanol–water partition coefficient (Wildman–Crippen LogP) is 5.14. The van der Waals surface area contributed by atoms with E-state index in [0.29, 0.717) is 11.6 Å². The average molecular weight is 367 g/mol. The van der Waals surface area contributed by atoms with E-state index in [1.165, 1.54) is 17.4 Å². The topological polar surface area (TPSA) is 12.0 Å². The quantitative estimate of drug-likeness (QED) is 0.790. The molecule has 1 N–H and O–H groups in total. The minimum absolute atomic E-state index is 0.285. The molecule has 6 heteroatoms. The van der Waals surface area contributed by atoms with Crippen molar-refractivity contribution in [1.82, 2.24) is 5.32 Å². The highest BCUT2D eigenvalue weighted by Gasteiger charge is 2.21. The Morgan fingerprint density at radius 3 is 2.74 bits per heavy atom. The Morgan fingerprint density at radius 2 is 2.16 bits per heavy atom. The van der Waals surface area contributed by atoms with Crippen molar-refractivity contribution >= 4 is 38.9 Å². The summed E-state index contributed by atoms with van der Waals surface area (Å²) in [6.45, 7) is 2.54. The standard InChI is InChI=1S/C13H11BrClF2NS/c1-2-18-12(10-6-8(15)13(14)19-10)7-4-3-5-9(16)11(7)17/h3-6,12,18H,2H2,1H3. The van der Waals surface area contributed by atoms with Crippen molar-refractivity contribution in [2.24, 2.45) is 0 Å². The summed E-state index contributed by atoms with van der Waals surface area (Å²) in [5.41, 5.74) is 0.285. The van der Waals surface area contributed by atoms with Gasteiger partial charge >= 0.3 is 0 Å². The van der Waals surface area contributed by atoms with Crippen LogP contribution in [0.15, 0.2) is 28.1 Å². The van der Waals surface area contributed by atoms with Gasteiger partial charge in [-0.15, -0.1) is 11.3 Å². The number of hydrogen-bond acceptors (Lipinski definition) is 2. The molecule has 1 nitrogen and oxygen atoms in total. The largest absolute Gasteiger partial charge is 0.306 e. The van der Waals surface area contributed by atoms with Crippen LogP contribution >= 0.6 is 38.9 Å². The van der Waals surface area contributed by atoms with Crippen LogP contribution in [0.3, 0.4) is 0 Å². The Balaban J connectivity index is 2.48. The van der Waals surface area contributed by atoms with Crippen LogP contribution in [0.5, 0.6) is 0 Å². The first-order chi connectivity index (χ1) is 9.04.